The molecule has 0 aliphatic carbocycles. The summed E-state index contributed by atoms with van der Waals surface area (Å²) in [6, 6.07) is 7.77. The Morgan fingerprint density at radius 1 is 1.33 bits per heavy atom. The molecular formula is C13H19N3O2. The minimum atomic E-state index is 0.0912. The molecule has 1 amide bonds. The van der Waals surface area contributed by atoms with Crippen LogP contribution in [0.5, 0.6) is 5.75 Å². The number of nitrogens with zero attached hydrogens (tertiary/aromatic N) is 1. The molecular weight excluding hydrogens is 230 g/mol. The van der Waals surface area contributed by atoms with Crippen molar-refractivity contribution < 1.29 is 9.53 Å². The quantitative estimate of drug-likeness (QED) is 0.768. The standard InChI is InChI=1S/C13H19N3O2/c14-9-11-1-3-12(4-2-11)18-8-7-16-6-5-15-13(17)10-16/h1-4H,5-10,14H2,(H,15,17). The molecule has 1 aromatic rings. The maximum atomic E-state index is 11.2. The first-order valence-corrected chi connectivity index (χ1v) is 6.19. The van der Waals surface area contributed by atoms with Crippen molar-refractivity contribution in [1.82, 2.24) is 10.2 Å². The van der Waals surface area contributed by atoms with E-state index in [1.54, 1.807) is 0 Å². The Morgan fingerprint density at radius 2 is 2.11 bits per heavy atom. The lowest BCUT2D eigenvalue weighted by Crippen LogP contribution is -2.48. The number of piperazine rings is 1. The van der Waals surface area contributed by atoms with E-state index in [9.17, 15) is 4.79 Å². The Balaban J connectivity index is 1.72. The van der Waals surface area contributed by atoms with Crippen LogP contribution in [0.3, 0.4) is 0 Å². The Kier molecular flexibility index (Phi) is 4.55. The van der Waals surface area contributed by atoms with Gasteiger partial charge >= 0.3 is 0 Å². The summed E-state index contributed by atoms with van der Waals surface area (Å²) >= 11 is 0. The number of nitrogens with two attached hydrogens (primary N) is 1. The highest BCUT2D eigenvalue weighted by Crippen LogP contribution is 2.11. The molecule has 1 aromatic carbocycles. The molecule has 0 radical (unpaired) electrons. The second kappa shape index (κ2) is 6.37. The van der Waals surface area contributed by atoms with Crippen LogP contribution in [-0.2, 0) is 11.3 Å². The van der Waals surface area contributed by atoms with Crippen LogP contribution >= 0.6 is 0 Å². The predicted octanol–water partition coefficient (Wildman–Crippen LogP) is -0.0441. The lowest BCUT2D eigenvalue weighted by molar-refractivity contribution is -0.124. The molecule has 18 heavy (non-hydrogen) atoms. The van der Waals surface area contributed by atoms with Gasteiger partial charge in [-0.15, -0.1) is 0 Å². The number of nitrogens with one attached hydrogen (secondary N) is 1. The van der Waals surface area contributed by atoms with Crippen molar-refractivity contribution in [3.8, 4) is 5.75 Å². The van der Waals surface area contributed by atoms with Crippen LogP contribution in [0.2, 0.25) is 0 Å². The topological polar surface area (TPSA) is 67.6 Å². The first kappa shape index (κ1) is 12.9. The second-order valence-electron chi connectivity index (χ2n) is 4.32. The van der Waals surface area contributed by atoms with E-state index in [0.717, 1.165) is 30.9 Å². The Bertz CT molecular complexity index is 392. The molecule has 1 heterocycles. The van der Waals surface area contributed by atoms with Crippen LogP contribution in [0.4, 0.5) is 0 Å². The molecule has 0 saturated carbocycles. The van der Waals surface area contributed by atoms with E-state index in [4.69, 9.17) is 10.5 Å². The number of hydrogen-bond donors (Lipinski definition) is 2. The first-order chi connectivity index (χ1) is 8.78. The van der Waals surface area contributed by atoms with Crippen molar-refractivity contribution in [3.05, 3.63) is 29.8 Å². The fourth-order valence-corrected chi connectivity index (χ4v) is 1.90. The highest BCUT2D eigenvalue weighted by molar-refractivity contribution is 5.78. The molecule has 0 spiro atoms. The first-order valence-electron chi connectivity index (χ1n) is 6.19. The van der Waals surface area contributed by atoms with Gasteiger partial charge in [0.15, 0.2) is 0 Å². The largest absolute Gasteiger partial charge is 0.492 e. The van der Waals surface area contributed by atoms with Gasteiger partial charge in [0.1, 0.15) is 12.4 Å². The maximum absolute atomic E-state index is 11.2. The lowest BCUT2D eigenvalue weighted by atomic mass is 10.2. The van der Waals surface area contributed by atoms with E-state index in [0.29, 0.717) is 19.7 Å². The van der Waals surface area contributed by atoms with Crippen molar-refractivity contribution in [2.24, 2.45) is 5.73 Å². The average Bonchev–Trinajstić information content (AvgIpc) is 2.40. The molecule has 1 aliphatic rings. The Hall–Kier alpha value is -1.59. The zero-order valence-electron chi connectivity index (χ0n) is 10.4. The fraction of sp³-hybridized carbons (Fsp3) is 0.462. The summed E-state index contributed by atoms with van der Waals surface area (Å²) in [7, 11) is 0. The van der Waals surface area contributed by atoms with E-state index in [-0.39, 0.29) is 5.91 Å². The van der Waals surface area contributed by atoms with E-state index >= 15 is 0 Å². The number of benzene rings is 1. The summed E-state index contributed by atoms with van der Waals surface area (Å²) in [5, 5.41) is 2.80. The smallest absolute Gasteiger partial charge is 0.234 e. The van der Waals surface area contributed by atoms with E-state index in [1.807, 2.05) is 24.3 Å². The number of rotatable bonds is 5. The van der Waals surface area contributed by atoms with Crippen LogP contribution in [0.25, 0.3) is 0 Å². The molecule has 0 atom stereocenters. The van der Waals surface area contributed by atoms with Gasteiger partial charge in [0, 0.05) is 26.2 Å². The number of carbonyl (C=O) groups is 1. The van der Waals surface area contributed by atoms with Gasteiger partial charge in [0.2, 0.25) is 5.91 Å². The fourth-order valence-electron chi connectivity index (χ4n) is 1.90. The van der Waals surface area contributed by atoms with Crippen LogP contribution in [0.15, 0.2) is 24.3 Å². The average molecular weight is 249 g/mol. The third-order valence-corrected chi connectivity index (χ3v) is 2.95. The van der Waals surface area contributed by atoms with Gasteiger partial charge in [-0.1, -0.05) is 12.1 Å². The molecule has 1 saturated heterocycles. The summed E-state index contributed by atoms with van der Waals surface area (Å²) in [6.07, 6.45) is 0. The molecule has 98 valence electrons. The molecule has 3 N–H and O–H groups in total. The third-order valence-electron chi connectivity index (χ3n) is 2.95. The molecule has 1 fully saturated rings. The SMILES string of the molecule is NCc1ccc(OCCN2CCNC(=O)C2)cc1. The van der Waals surface area contributed by atoms with Gasteiger partial charge in [-0.3, -0.25) is 9.69 Å². The summed E-state index contributed by atoms with van der Waals surface area (Å²) in [5.74, 6) is 0.933. The minimum Gasteiger partial charge on any atom is -0.492 e. The van der Waals surface area contributed by atoms with Crippen molar-refractivity contribution >= 4 is 5.91 Å². The van der Waals surface area contributed by atoms with Gasteiger partial charge in [0.25, 0.3) is 0 Å². The molecule has 0 unspecified atom stereocenters. The monoisotopic (exact) mass is 249 g/mol. The van der Waals surface area contributed by atoms with Gasteiger partial charge in [-0.2, -0.15) is 0 Å². The Labute approximate surface area is 107 Å². The molecule has 0 bridgehead atoms. The van der Waals surface area contributed by atoms with Crippen LogP contribution < -0.4 is 15.8 Å². The summed E-state index contributed by atoms with van der Waals surface area (Å²) in [4.78, 5) is 13.3. The summed E-state index contributed by atoms with van der Waals surface area (Å²) in [5.41, 5.74) is 6.62. The molecule has 0 aromatic heterocycles. The second-order valence-corrected chi connectivity index (χ2v) is 4.32. The minimum absolute atomic E-state index is 0.0912. The highest BCUT2D eigenvalue weighted by atomic mass is 16.5. The molecule has 5 heteroatoms. The predicted molar refractivity (Wildman–Crippen MR) is 69.3 cm³/mol. The zero-order valence-corrected chi connectivity index (χ0v) is 10.4. The summed E-state index contributed by atoms with van der Waals surface area (Å²) in [6.45, 7) is 3.99. The normalized spacial score (nSPS) is 16.4. The van der Waals surface area contributed by atoms with E-state index in [2.05, 4.69) is 10.2 Å². The van der Waals surface area contributed by atoms with Gasteiger partial charge in [-0.05, 0) is 17.7 Å². The molecule has 2 rings (SSSR count). The van der Waals surface area contributed by atoms with Crippen molar-refractivity contribution in [2.75, 3.05) is 32.8 Å². The number of amides is 1. The van der Waals surface area contributed by atoms with E-state index in [1.165, 1.54) is 0 Å². The van der Waals surface area contributed by atoms with Crippen molar-refractivity contribution in [1.29, 1.82) is 0 Å². The maximum Gasteiger partial charge on any atom is 0.234 e. The van der Waals surface area contributed by atoms with E-state index < -0.39 is 0 Å². The molecule has 5 nitrogen and oxygen atoms in total. The lowest BCUT2D eigenvalue weighted by Gasteiger charge is -2.26. The van der Waals surface area contributed by atoms with Gasteiger partial charge in [-0.25, -0.2) is 0 Å². The molecule has 1 aliphatic heterocycles. The van der Waals surface area contributed by atoms with Crippen LogP contribution in [-0.4, -0.2) is 43.6 Å². The number of hydrogen-bond acceptors (Lipinski definition) is 4. The van der Waals surface area contributed by atoms with Crippen LogP contribution in [0, 0.1) is 0 Å². The van der Waals surface area contributed by atoms with Crippen molar-refractivity contribution in [3.63, 3.8) is 0 Å². The van der Waals surface area contributed by atoms with Gasteiger partial charge in [0.05, 0.1) is 6.54 Å². The zero-order chi connectivity index (χ0) is 12.8. The van der Waals surface area contributed by atoms with Crippen LogP contribution in [0.1, 0.15) is 5.56 Å². The summed E-state index contributed by atoms with van der Waals surface area (Å²) < 4.78 is 5.63. The van der Waals surface area contributed by atoms with Crippen molar-refractivity contribution in [2.45, 2.75) is 6.54 Å². The number of carbonyl (C=O) groups excluding carboxylic acids is 1. The Morgan fingerprint density at radius 3 is 2.78 bits per heavy atom. The highest BCUT2D eigenvalue weighted by Gasteiger charge is 2.15. The number of ether oxygens (including phenoxy) is 1. The van der Waals surface area contributed by atoms with Gasteiger partial charge < -0.3 is 15.8 Å². The third kappa shape index (κ3) is 3.72.